The van der Waals surface area contributed by atoms with Crippen molar-refractivity contribution in [2.24, 2.45) is 0 Å². The van der Waals surface area contributed by atoms with E-state index in [1.165, 1.54) is 13.2 Å². The highest BCUT2D eigenvalue weighted by Gasteiger charge is 2.19. The summed E-state index contributed by atoms with van der Waals surface area (Å²) in [6.07, 6.45) is 4.79. The van der Waals surface area contributed by atoms with E-state index in [9.17, 15) is 9.59 Å². The van der Waals surface area contributed by atoms with Crippen LogP contribution in [0.4, 0.5) is 4.79 Å². The van der Waals surface area contributed by atoms with E-state index in [4.69, 9.17) is 4.74 Å². The minimum atomic E-state index is -0.596. The molecule has 2 N–H and O–H groups in total. The zero-order valence-corrected chi connectivity index (χ0v) is 15.0. The van der Waals surface area contributed by atoms with Crippen LogP contribution >= 0.6 is 0 Å². The summed E-state index contributed by atoms with van der Waals surface area (Å²) in [6, 6.07) is 7.50. The summed E-state index contributed by atoms with van der Waals surface area (Å²) in [7, 11) is 1.31. The highest BCUT2D eigenvalue weighted by Crippen LogP contribution is 2.19. The number of alkyl carbamates (subject to hydrolysis) is 1. The normalized spacial score (nSPS) is 13.0. The lowest BCUT2D eigenvalue weighted by atomic mass is 10.0. The van der Waals surface area contributed by atoms with Gasteiger partial charge in [0.15, 0.2) is 0 Å². The summed E-state index contributed by atoms with van der Waals surface area (Å²) >= 11 is 0. The largest absolute Gasteiger partial charge is 0.466 e. The molecule has 0 saturated carbocycles. The summed E-state index contributed by atoms with van der Waals surface area (Å²) in [6.45, 7) is 5.39. The van der Waals surface area contributed by atoms with Gasteiger partial charge in [-0.1, -0.05) is 24.3 Å². The Morgan fingerprint density at radius 2 is 2.00 bits per heavy atom. The SMILES string of the molecule is COC(=O)/C=C/[C@@H](Cc1c[nH]c2ccccc12)NC(=O)OC(C)(C)C. The molecule has 0 aliphatic rings. The van der Waals surface area contributed by atoms with Gasteiger partial charge in [-0.2, -0.15) is 0 Å². The lowest BCUT2D eigenvalue weighted by molar-refractivity contribution is -0.134. The maximum absolute atomic E-state index is 12.1. The fourth-order valence-electron chi connectivity index (χ4n) is 2.43. The fourth-order valence-corrected chi connectivity index (χ4v) is 2.43. The minimum absolute atomic E-state index is 0.409. The van der Waals surface area contributed by atoms with E-state index in [2.05, 4.69) is 15.0 Å². The second-order valence-electron chi connectivity index (χ2n) is 6.70. The molecular weight excluding hydrogens is 320 g/mol. The van der Waals surface area contributed by atoms with Crippen LogP contribution in [-0.2, 0) is 20.7 Å². The smallest absolute Gasteiger partial charge is 0.408 e. The Balaban J connectivity index is 2.17. The van der Waals surface area contributed by atoms with Gasteiger partial charge in [-0.05, 0) is 38.8 Å². The van der Waals surface area contributed by atoms with Crippen molar-refractivity contribution >= 4 is 23.0 Å². The highest BCUT2D eigenvalue weighted by molar-refractivity contribution is 5.84. The first-order valence-corrected chi connectivity index (χ1v) is 8.09. The molecule has 0 aliphatic heterocycles. The Bertz CT molecular complexity index is 771. The maximum Gasteiger partial charge on any atom is 0.408 e. The molecule has 2 aromatic rings. The van der Waals surface area contributed by atoms with Crippen LogP contribution in [-0.4, -0.2) is 35.8 Å². The third-order valence-electron chi connectivity index (χ3n) is 3.48. The van der Waals surface area contributed by atoms with Crippen LogP contribution in [0.1, 0.15) is 26.3 Å². The summed E-state index contributed by atoms with van der Waals surface area (Å²) < 4.78 is 9.92. The van der Waals surface area contributed by atoms with Crippen LogP contribution in [0.25, 0.3) is 10.9 Å². The highest BCUT2D eigenvalue weighted by atomic mass is 16.6. The molecule has 0 bridgehead atoms. The number of aromatic nitrogens is 1. The molecule has 0 spiro atoms. The molecule has 2 rings (SSSR count). The molecule has 25 heavy (non-hydrogen) atoms. The molecular formula is C19H24N2O4. The molecule has 0 radical (unpaired) electrons. The van der Waals surface area contributed by atoms with Gasteiger partial charge in [0.2, 0.25) is 0 Å². The number of hydrogen-bond donors (Lipinski definition) is 2. The number of ether oxygens (including phenoxy) is 2. The van der Waals surface area contributed by atoms with Crippen LogP contribution in [0.5, 0.6) is 0 Å². The van der Waals surface area contributed by atoms with E-state index in [1.807, 2.05) is 30.5 Å². The van der Waals surface area contributed by atoms with Crippen LogP contribution < -0.4 is 5.32 Å². The van der Waals surface area contributed by atoms with Crippen molar-refractivity contribution in [2.75, 3.05) is 7.11 Å². The van der Waals surface area contributed by atoms with Crippen LogP contribution in [0.15, 0.2) is 42.6 Å². The van der Waals surface area contributed by atoms with E-state index in [0.29, 0.717) is 6.42 Å². The number of benzene rings is 1. The average molecular weight is 344 g/mol. The van der Waals surface area contributed by atoms with Crippen molar-refractivity contribution in [3.05, 3.63) is 48.2 Å². The number of aromatic amines is 1. The Morgan fingerprint density at radius 3 is 2.68 bits per heavy atom. The number of fused-ring (bicyclic) bond motifs is 1. The lowest BCUT2D eigenvalue weighted by Crippen LogP contribution is -2.39. The van der Waals surface area contributed by atoms with Crippen molar-refractivity contribution in [3.8, 4) is 0 Å². The number of rotatable bonds is 5. The van der Waals surface area contributed by atoms with Gasteiger partial charge in [-0.15, -0.1) is 0 Å². The molecule has 1 atom stereocenters. The van der Waals surface area contributed by atoms with Crippen molar-refractivity contribution in [1.29, 1.82) is 0 Å². The predicted molar refractivity (Wildman–Crippen MR) is 96.3 cm³/mol. The van der Waals surface area contributed by atoms with Gasteiger partial charge in [-0.25, -0.2) is 9.59 Å². The van der Waals surface area contributed by atoms with E-state index < -0.39 is 23.7 Å². The Labute approximate surface area is 147 Å². The molecule has 6 heteroatoms. The number of amides is 1. The summed E-state index contributed by atoms with van der Waals surface area (Å²) in [5.74, 6) is -0.477. The Morgan fingerprint density at radius 1 is 1.28 bits per heavy atom. The second kappa shape index (κ2) is 7.88. The van der Waals surface area contributed by atoms with Crippen molar-refractivity contribution in [2.45, 2.75) is 38.8 Å². The molecule has 0 saturated heterocycles. The third kappa shape index (κ3) is 5.67. The Hall–Kier alpha value is -2.76. The van der Waals surface area contributed by atoms with E-state index in [1.54, 1.807) is 26.8 Å². The second-order valence-corrected chi connectivity index (χ2v) is 6.70. The number of para-hydroxylation sites is 1. The standard InChI is InChI=1S/C19H24N2O4/c1-19(2,3)25-18(23)21-14(9-10-17(22)24-4)11-13-12-20-16-8-6-5-7-15(13)16/h5-10,12,14,20H,11H2,1-4H3,(H,21,23)/b10-9+/t14-/m0/s1. The monoisotopic (exact) mass is 344 g/mol. The van der Waals surface area contributed by atoms with Gasteiger partial charge in [-0.3, -0.25) is 0 Å². The fraction of sp³-hybridized carbons (Fsp3) is 0.368. The quantitative estimate of drug-likeness (QED) is 0.644. The summed E-state index contributed by atoms with van der Waals surface area (Å²) in [5.41, 5.74) is 1.46. The molecule has 1 heterocycles. The zero-order chi connectivity index (χ0) is 18.4. The van der Waals surface area contributed by atoms with Crippen LogP contribution in [0, 0.1) is 0 Å². The predicted octanol–water partition coefficient (Wildman–Crippen LogP) is 3.33. The number of carbonyl (C=O) groups is 2. The zero-order valence-electron chi connectivity index (χ0n) is 15.0. The molecule has 0 aliphatic carbocycles. The third-order valence-corrected chi connectivity index (χ3v) is 3.48. The number of H-pyrrole nitrogens is 1. The number of nitrogens with one attached hydrogen (secondary N) is 2. The van der Waals surface area contributed by atoms with Gasteiger partial charge < -0.3 is 19.8 Å². The molecule has 134 valence electrons. The van der Waals surface area contributed by atoms with E-state index in [0.717, 1.165) is 16.5 Å². The summed E-state index contributed by atoms with van der Waals surface area (Å²) in [4.78, 5) is 26.7. The van der Waals surface area contributed by atoms with Gasteiger partial charge in [0.1, 0.15) is 5.60 Å². The minimum Gasteiger partial charge on any atom is -0.466 e. The Kier molecular flexibility index (Phi) is 5.85. The van der Waals surface area contributed by atoms with Gasteiger partial charge in [0, 0.05) is 23.2 Å². The molecule has 0 fully saturated rings. The maximum atomic E-state index is 12.1. The van der Waals surface area contributed by atoms with Gasteiger partial charge >= 0.3 is 12.1 Å². The van der Waals surface area contributed by atoms with E-state index in [-0.39, 0.29) is 0 Å². The van der Waals surface area contributed by atoms with Crippen molar-refractivity contribution < 1.29 is 19.1 Å². The molecule has 1 aromatic carbocycles. The molecule has 6 nitrogen and oxygen atoms in total. The first-order valence-electron chi connectivity index (χ1n) is 8.09. The molecule has 1 aromatic heterocycles. The lowest BCUT2D eigenvalue weighted by Gasteiger charge is -2.22. The number of esters is 1. The number of carbonyl (C=O) groups excluding carboxylic acids is 2. The average Bonchev–Trinajstić information content (AvgIpc) is 2.93. The first kappa shape index (κ1) is 18.6. The topological polar surface area (TPSA) is 80.4 Å². The van der Waals surface area contributed by atoms with Gasteiger partial charge in [0.05, 0.1) is 13.2 Å². The van der Waals surface area contributed by atoms with Crippen molar-refractivity contribution in [3.63, 3.8) is 0 Å². The molecule has 1 amide bonds. The number of hydrogen-bond acceptors (Lipinski definition) is 4. The molecule has 0 unspecified atom stereocenters. The van der Waals surface area contributed by atoms with Crippen molar-refractivity contribution in [1.82, 2.24) is 10.3 Å². The first-order chi connectivity index (χ1) is 11.8. The van der Waals surface area contributed by atoms with E-state index >= 15 is 0 Å². The number of methoxy groups -OCH3 is 1. The van der Waals surface area contributed by atoms with Gasteiger partial charge in [0.25, 0.3) is 0 Å². The van der Waals surface area contributed by atoms with Crippen LogP contribution in [0.2, 0.25) is 0 Å². The summed E-state index contributed by atoms with van der Waals surface area (Å²) in [5, 5.41) is 3.86. The van der Waals surface area contributed by atoms with Crippen LogP contribution in [0.3, 0.4) is 0 Å².